The van der Waals surface area contributed by atoms with Crippen molar-refractivity contribution in [2.75, 3.05) is 26.4 Å². The van der Waals surface area contributed by atoms with Gasteiger partial charge < -0.3 is 24.6 Å². The van der Waals surface area contributed by atoms with E-state index < -0.39 is 51.8 Å². The molecule has 10 nitrogen and oxygen atoms in total. The van der Waals surface area contributed by atoms with Crippen molar-refractivity contribution in [2.45, 2.75) is 167 Å². The average molecular weight is 899 g/mol. The molecule has 0 aliphatic heterocycles. The molecular weight excluding hydrogens is 816 g/mol. The van der Waals surface area contributed by atoms with Gasteiger partial charge in [0.25, 0.3) is 0 Å². The number of rotatable bonds is 42. The Bertz CT molecular complexity index is 1450. The number of esters is 2. The van der Waals surface area contributed by atoms with Gasteiger partial charge in [-0.25, -0.2) is 4.57 Å². The standard InChI is InChI=1S/C52H83O10P/c1-3-5-7-9-11-13-15-17-19-21-23-24-26-27-29-31-33-35-37-39-41-43-51(55)59-47-50(48-61-63(57,58)60-46-49(54)45-53)62-52(56)44-42-40-38-36-34-32-30-28-25-22-20-18-16-14-12-10-8-6-4-2/h5-8,11-14,17-20,23-25,28,32,34,38,40,49-50,53-54H,3-4,9-10,15-16,21-22,26-27,29-31,33,35-37,39,41-48H2,1-2H3,(H,57,58)/b7-5-,8-6-,13-11-,14-12-,19-17-,20-18-,24-23-,28-25-,34-32-,40-38-. The van der Waals surface area contributed by atoms with Gasteiger partial charge in [-0.2, -0.15) is 0 Å². The quantitative estimate of drug-likeness (QED) is 0.0234. The van der Waals surface area contributed by atoms with Crippen molar-refractivity contribution in [3.8, 4) is 0 Å². The smallest absolute Gasteiger partial charge is 0.462 e. The molecule has 0 radical (unpaired) electrons. The first-order chi connectivity index (χ1) is 30.7. The molecule has 3 atom stereocenters. The zero-order chi connectivity index (χ0) is 46.2. The third-order valence-corrected chi connectivity index (χ3v) is 10.1. The van der Waals surface area contributed by atoms with Crippen LogP contribution >= 0.6 is 7.82 Å². The topological polar surface area (TPSA) is 149 Å². The zero-order valence-corrected chi connectivity index (χ0v) is 39.6. The van der Waals surface area contributed by atoms with E-state index in [2.05, 4.69) is 128 Å². The SMILES string of the molecule is CC/C=C\C/C=C\C/C=C\C/C=C\C/C=C\C/C=C\CCC(=O)OC(COC(=O)CCCCCCCCCC/C=C\C/C=C\C/C=C\C/C=C\CC)COP(=O)(O)OCC(O)CO. The highest BCUT2D eigenvalue weighted by atomic mass is 31.2. The molecule has 0 bridgehead atoms. The summed E-state index contributed by atoms with van der Waals surface area (Å²) < 4.78 is 32.7. The molecule has 11 heteroatoms. The molecule has 0 aromatic rings. The highest BCUT2D eigenvalue weighted by Gasteiger charge is 2.27. The number of allylic oxidation sites excluding steroid dienone is 20. The fourth-order valence-electron chi connectivity index (χ4n) is 5.60. The number of ether oxygens (including phenoxy) is 2. The van der Waals surface area contributed by atoms with Gasteiger partial charge in [-0.1, -0.05) is 174 Å². The van der Waals surface area contributed by atoms with Crippen LogP contribution < -0.4 is 0 Å². The Morgan fingerprint density at radius 3 is 1.30 bits per heavy atom. The van der Waals surface area contributed by atoms with Crippen LogP contribution in [0, 0.1) is 0 Å². The maximum Gasteiger partial charge on any atom is 0.472 e. The van der Waals surface area contributed by atoms with Crippen molar-refractivity contribution in [2.24, 2.45) is 0 Å². The summed E-state index contributed by atoms with van der Waals surface area (Å²) in [4.78, 5) is 35.1. The van der Waals surface area contributed by atoms with Gasteiger partial charge in [0.15, 0.2) is 6.10 Å². The van der Waals surface area contributed by atoms with Crippen LogP contribution in [-0.2, 0) is 32.7 Å². The van der Waals surface area contributed by atoms with Crippen LogP contribution in [0.15, 0.2) is 122 Å². The lowest BCUT2D eigenvalue weighted by atomic mass is 10.1. The summed E-state index contributed by atoms with van der Waals surface area (Å²) in [5.41, 5.74) is 0. The Labute approximate surface area is 381 Å². The molecule has 0 saturated carbocycles. The molecule has 356 valence electrons. The van der Waals surface area contributed by atoms with Crippen molar-refractivity contribution in [1.82, 2.24) is 0 Å². The molecule has 0 spiro atoms. The molecule has 63 heavy (non-hydrogen) atoms. The second-order valence-corrected chi connectivity index (χ2v) is 16.5. The van der Waals surface area contributed by atoms with Crippen LogP contribution in [0.3, 0.4) is 0 Å². The van der Waals surface area contributed by atoms with E-state index in [1.54, 1.807) is 0 Å². The van der Waals surface area contributed by atoms with Gasteiger partial charge in [-0.15, -0.1) is 0 Å². The van der Waals surface area contributed by atoms with Crippen molar-refractivity contribution in [3.05, 3.63) is 122 Å². The monoisotopic (exact) mass is 899 g/mol. The molecule has 0 fully saturated rings. The maximum atomic E-state index is 12.6. The van der Waals surface area contributed by atoms with Crippen LogP contribution in [0.5, 0.6) is 0 Å². The lowest BCUT2D eigenvalue weighted by Crippen LogP contribution is -2.29. The van der Waals surface area contributed by atoms with E-state index in [9.17, 15) is 24.2 Å². The second-order valence-electron chi connectivity index (χ2n) is 15.0. The Balaban J connectivity index is 4.39. The van der Waals surface area contributed by atoms with Crippen LogP contribution in [0.1, 0.15) is 155 Å². The van der Waals surface area contributed by atoms with E-state index in [0.717, 1.165) is 89.9 Å². The fourth-order valence-corrected chi connectivity index (χ4v) is 6.39. The summed E-state index contributed by atoms with van der Waals surface area (Å²) in [6.45, 7) is 2.04. The van der Waals surface area contributed by atoms with E-state index in [-0.39, 0.29) is 19.4 Å². The van der Waals surface area contributed by atoms with E-state index in [1.165, 1.54) is 25.7 Å². The van der Waals surface area contributed by atoms with Crippen LogP contribution in [0.4, 0.5) is 0 Å². The fraction of sp³-hybridized carbons (Fsp3) is 0.577. The van der Waals surface area contributed by atoms with Crippen molar-refractivity contribution >= 4 is 19.8 Å². The Morgan fingerprint density at radius 2 is 0.857 bits per heavy atom. The lowest BCUT2D eigenvalue weighted by Gasteiger charge is -2.20. The van der Waals surface area contributed by atoms with E-state index in [1.807, 2.05) is 12.2 Å². The molecule has 0 aliphatic rings. The molecule has 3 N–H and O–H groups in total. The van der Waals surface area contributed by atoms with Gasteiger partial charge in [0.1, 0.15) is 12.7 Å². The molecule has 0 saturated heterocycles. The van der Waals surface area contributed by atoms with Crippen LogP contribution in [0.2, 0.25) is 0 Å². The van der Waals surface area contributed by atoms with E-state index in [0.29, 0.717) is 12.8 Å². The number of carbonyl (C=O) groups excluding carboxylic acids is 2. The molecule has 0 aromatic heterocycles. The first kappa shape index (κ1) is 59.4. The summed E-state index contributed by atoms with van der Waals surface area (Å²) >= 11 is 0. The normalized spacial score (nSPS) is 14.8. The predicted molar refractivity (Wildman–Crippen MR) is 260 cm³/mol. The molecule has 0 aliphatic carbocycles. The second kappa shape index (κ2) is 46.4. The van der Waals surface area contributed by atoms with Gasteiger partial charge in [0.2, 0.25) is 0 Å². The van der Waals surface area contributed by atoms with Gasteiger partial charge in [0, 0.05) is 12.8 Å². The average Bonchev–Trinajstić information content (AvgIpc) is 3.27. The molecule has 0 rings (SSSR count). The van der Waals surface area contributed by atoms with E-state index >= 15 is 0 Å². The summed E-state index contributed by atoms with van der Waals surface area (Å²) in [6.07, 6.45) is 60.3. The van der Waals surface area contributed by atoms with Gasteiger partial charge in [-0.3, -0.25) is 18.6 Å². The minimum absolute atomic E-state index is 0.0495. The largest absolute Gasteiger partial charge is 0.472 e. The molecule has 0 aromatic carbocycles. The molecule has 0 heterocycles. The van der Waals surface area contributed by atoms with Crippen molar-refractivity contribution < 1.29 is 47.8 Å². The Hall–Kier alpha value is -3.63. The summed E-state index contributed by atoms with van der Waals surface area (Å²) in [7, 11) is -4.65. The number of hydrogen-bond donors (Lipinski definition) is 3. The third kappa shape index (κ3) is 46.2. The van der Waals surface area contributed by atoms with Gasteiger partial charge in [0.05, 0.1) is 19.8 Å². The number of carbonyl (C=O) groups is 2. The number of aliphatic hydroxyl groups excluding tert-OH is 2. The maximum absolute atomic E-state index is 12.6. The van der Waals surface area contributed by atoms with Gasteiger partial charge >= 0.3 is 19.8 Å². The summed E-state index contributed by atoms with van der Waals surface area (Å²) in [5.74, 6) is -1.04. The predicted octanol–water partition coefficient (Wildman–Crippen LogP) is 13.1. The first-order valence-corrected chi connectivity index (χ1v) is 25.0. The van der Waals surface area contributed by atoms with Crippen molar-refractivity contribution in [1.29, 1.82) is 0 Å². The minimum atomic E-state index is -4.65. The number of unbranched alkanes of at least 4 members (excludes halogenated alkanes) is 8. The van der Waals surface area contributed by atoms with Crippen LogP contribution in [-0.4, -0.2) is 65.7 Å². The summed E-state index contributed by atoms with van der Waals surface area (Å²) in [6, 6.07) is 0. The lowest BCUT2D eigenvalue weighted by molar-refractivity contribution is -0.161. The van der Waals surface area contributed by atoms with E-state index in [4.69, 9.17) is 19.1 Å². The van der Waals surface area contributed by atoms with Gasteiger partial charge in [-0.05, 0) is 89.9 Å². The number of aliphatic hydroxyl groups is 2. The van der Waals surface area contributed by atoms with Crippen LogP contribution in [0.25, 0.3) is 0 Å². The summed E-state index contributed by atoms with van der Waals surface area (Å²) in [5, 5.41) is 18.4. The number of hydrogen-bond acceptors (Lipinski definition) is 9. The highest BCUT2D eigenvalue weighted by molar-refractivity contribution is 7.47. The highest BCUT2D eigenvalue weighted by Crippen LogP contribution is 2.43. The Kier molecular flexibility index (Phi) is 43.7. The van der Waals surface area contributed by atoms with Crippen molar-refractivity contribution in [3.63, 3.8) is 0 Å². The number of phosphoric acid groups is 1. The Morgan fingerprint density at radius 1 is 0.476 bits per heavy atom. The molecule has 3 unspecified atom stereocenters. The molecular formula is C52H83O10P. The minimum Gasteiger partial charge on any atom is -0.462 e. The molecule has 0 amide bonds. The zero-order valence-electron chi connectivity index (χ0n) is 38.7. The third-order valence-electron chi connectivity index (χ3n) is 9.12. The number of phosphoric ester groups is 1. The first-order valence-electron chi connectivity index (χ1n) is 23.5.